The Bertz CT molecular complexity index is 1160. The molecule has 2 aromatic carbocycles. The monoisotopic (exact) mass is 413 g/mol. The highest BCUT2D eigenvalue weighted by Gasteiger charge is 2.17. The number of Topliss-reactive ketones (excluding diaryl/α,β-unsaturated/α-hetero) is 1. The van der Waals surface area contributed by atoms with E-state index in [4.69, 9.17) is 0 Å². The maximum absolute atomic E-state index is 13.2. The maximum atomic E-state index is 13.2. The van der Waals surface area contributed by atoms with Gasteiger partial charge < -0.3 is 0 Å². The summed E-state index contributed by atoms with van der Waals surface area (Å²) in [6.45, 7) is 1.89. The van der Waals surface area contributed by atoms with Gasteiger partial charge >= 0.3 is 0 Å². The van der Waals surface area contributed by atoms with Crippen LogP contribution in [-0.4, -0.2) is 26.7 Å². The Balaban J connectivity index is 1.63. The smallest absolute Gasteiger partial charge is 0.173 e. The van der Waals surface area contributed by atoms with Crippen molar-refractivity contribution < 1.29 is 13.6 Å². The number of nitrogens with zero attached hydrogens (tertiary/aromatic N) is 3. The number of hydrogen-bond donors (Lipinski definition) is 0. The predicted molar refractivity (Wildman–Crippen MR) is 107 cm³/mol. The molecule has 0 saturated carbocycles. The summed E-state index contributed by atoms with van der Waals surface area (Å²) in [5.74, 6) is -0.692. The van der Waals surface area contributed by atoms with E-state index in [9.17, 15) is 13.6 Å². The Labute approximate surface area is 167 Å². The molecule has 0 aliphatic carbocycles. The van der Waals surface area contributed by atoms with Crippen LogP contribution in [0.2, 0.25) is 0 Å². The van der Waals surface area contributed by atoms with Crippen LogP contribution in [0.25, 0.3) is 21.5 Å². The molecule has 0 bridgehead atoms. The number of aromatic nitrogens is 3. The zero-order valence-corrected chi connectivity index (χ0v) is 16.3. The Morgan fingerprint density at radius 3 is 2.32 bits per heavy atom. The van der Waals surface area contributed by atoms with Crippen LogP contribution in [0.5, 0.6) is 0 Å². The highest BCUT2D eigenvalue weighted by atomic mass is 32.2. The number of carbonyl (C=O) groups is 1. The van der Waals surface area contributed by atoms with E-state index in [1.807, 2.05) is 6.92 Å². The number of rotatable bonds is 5. The molecule has 0 saturated heterocycles. The number of ketones is 1. The van der Waals surface area contributed by atoms with Gasteiger partial charge in [-0.3, -0.25) is 4.79 Å². The fourth-order valence-electron chi connectivity index (χ4n) is 2.67. The van der Waals surface area contributed by atoms with E-state index in [0.29, 0.717) is 21.8 Å². The average molecular weight is 413 g/mol. The number of fused-ring (bicyclic) bond motifs is 1. The summed E-state index contributed by atoms with van der Waals surface area (Å²) in [6.07, 6.45) is 0. The third kappa shape index (κ3) is 3.79. The van der Waals surface area contributed by atoms with Gasteiger partial charge in [0.1, 0.15) is 27.9 Å². The number of benzene rings is 2. The lowest BCUT2D eigenvalue weighted by Crippen LogP contribution is -2.03. The van der Waals surface area contributed by atoms with Gasteiger partial charge in [0.15, 0.2) is 5.78 Å². The van der Waals surface area contributed by atoms with Crippen molar-refractivity contribution in [1.29, 1.82) is 0 Å². The highest BCUT2D eigenvalue weighted by Crippen LogP contribution is 2.35. The quantitative estimate of drug-likeness (QED) is 0.328. The number of halogens is 2. The van der Waals surface area contributed by atoms with E-state index in [2.05, 4.69) is 15.2 Å². The normalized spacial score (nSPS) is 11.1. The van der Waals surface area contributed by atoms with Crippen molar-refractivity contribution in [3.63, 3.8) is 0 Å². The molecule has 0 aliphatic heterocycles. The molecule has 0 spiro atoms. The van der Waals surface area contributed by atoms with Crippen molar-refractivity contribution >= 4 is 39.1 Å². The van der Waals surface area contributed by atoms with Gasteiger partial charge in [-0.2, -0.15) is 0 Å². The number of thiazole rings is 1. The van der Waals surface area contributed by atoms with Crippen molar-refractivity contribution in [2.24, 2.45) is 0 Å². The van der Waals surface area contributed by atoms with Crippen molar-refractivity contribution in [1.82, 2.24) is 15.2 Å². The van der Waals surface area contributed by atoms with E-state index in [1.165, 1.54) is 59.5 Å². The van der Waals surface area contributed by atoms with Gasteiger partial charge in [0.2, 0.25) is 0 Å². The molecule has 0 amide bonds. The van der Waals surface area contributed by atoms with Gasteiger partial charge in [-0.05, 0) is 55.5 Å². The third-order valence-electron chi connectivity index (χ3n) is 4.02. The zero-order chi connectivity index (χ0) is 19.7. The highest BCUT2D eigenvalue weighted by molar-refractivity contribution is 8.00. The average Bonchev–Trinajstić information content (AvgIpc) is 3.09. The van der Waals surface area contributed by atoms with Crippen LogP contribution in [0.15, 0.2) is 53.6 Å². The van der Waals surface area contributed by atoms with Crippen LogP contribution < -0.4 is 0 Å². The zero-order valence-electron chi connectivity index (χ0n) is 14.6. The summed E-state index contributed by atoms with van der Waals surface area (Å²) in [5, 5.41) is 9.95. The van der Waals surface area contributed by atoms with Crippen molar-refractivity contribution in [2.75, 3.05) is 5.75 Å². The van der Waals surface area contributed by atoms with Crippen molar-refractivity contribution in [3.8, 4) is 11.3 Å². The Hall–Kier alpha value is -2.71. The van der Waals surface area contributed by atoms with Gasteiger partial charge in [-0.25, -0.2) is 13.8 Å². The first-order valence-corrected chi connectivity index (χ1v) is 10.1. The lowest BCUT2D eigenvalue weighted by molar-refractivity contribution is 0.102. The van der Waals surface area contributed by atoms with E-state index in [1.54, 1.807) is 12.1 Å². The number of thioether (sulfide) groups is 1. The van der Waals surface area contributed by atoms with E-state index >= 15 is 0 Å². The van der Waals surface area contributed by atoms with Crippen LogP contribution in [0.3, 0.4) is 0 Å². The standard InChI is InChI=1S/C20H13F2N3OS2/c1-11-23-18-19(28-11)17(13-4-8-15(22)9-5-13)24-25-20(18)27-10-16(26)12-2-6-14(21)7-3-12/h2-9H,10H2,1H3. The first-order valence-electron chi connectivity index (χ1n) is 8.32. The predicted octanol–water partition coefficient (Wildman–Crippen LogP) is 5.31. The summed E-state index contributed by atoms with van der Waals surface area (Å²) in [5.41, 5.74) is 2.50. The second kappa shape index (κ2) is 7.73. The van der Waals surface area contributed by atoms with Crippen LogP contribution in [0.4, 0.5) is 8.78 Å². The molecule has 8 heteroatoms. The Morgan fingerprint density at radius 2 is 1.64 bits per heavy atom. The van der Waals surface area contributed by atoms with E-state index < -0.39 is 0 Å². The lowest BCUT2D eigenvalue weighted by Gasteiger charge is -2.05. The largest absolute Gasteiger partial charge is 0.293 e. The molecule has 4 aromatic rings. The summed E-state index contributed by atoms with van der Waals surface area (Å²) < 4.78 is 27.1. The maximum Gasteiger partial charge on any atom is 0.173 e. The fourth-order valence-corrected chi connectivity index (χ4v) is 4.48. The SMILES string of the molecule is Cc1nc2c(SCC(=O)c3ccc(F)cc3)nnc(-c3ccc(F)cc3)c2s1. The van der Waals surface area contributed by atoms with E-state index in [0.717, 1.165) is 15.3 Å². The number of hydrogen-bond acceptors (Lipinski definition) is 6. The fraction of sp³-hybridized carbons (Fsp3) is 0.100. The van der Waals surface area contributed by atoms with Crippen molar-refractivity contribution in [3.05, 3.63) is 70.7 Å². The van der Waals surface area contributed by atoms with Gasteiger partial charge in [0.25, 0.3) is 0 Å². The van der Waals surface area contributed by atoms with Crippen LogP contribution >= 0.6 is 23.1 Å². The van der Waals surface area contributed by atoms with E-state index in [-0.39, 0.29) is 23.2 Å². The minimum atomic E-state index is -0.383. The minimum absolute atomic E-state index is 0.130. The van der Waals surface area contributed by atoms with Gasteiger partial charge in [0, 0.05) is 11.1 Å². The van der Waals surface area contributed by atoms with Gasteiger partial charge in [-0.15, -0.1) is 21.5 Å². The first-order chi connectivity index (χ1) is 13.5. The molecular weight excluding hydrogens is 400 g/mol. The molecule has 4 rings (SSSR count). The Morgan fingerprint density at radius 1 is 1.00 bits per heavy atom. The number of carbonyl (C=O) groups excluding carboxylic acids is 1. The van der Waals surface area contributed by atoms with Crippen molar-refractivity contribution in [2.45, 2.75) is 11.9 Å². The molecule has 0 N–H and O–H groups in total. The second-order valence-corrected chi connectivity index (χ2v) is 8.16. The molecule has 0 unspecified atom stereocenters. The molecule has 0 radical (unpaired) electrons. The topological polar surface area (TPSA) is 55.7 Å². The summed E-state index contributed by atoms with van der Waals surface area (Å²) in [7, 11) is 0. The molecular formula is C20H13F2N3OS2. The Kier molecular flexibility index (Phi) is 5.15. The summed E-state index contributed by atoms with van der Waals surface area (Å²) in [4.78, 5) is 16.9. The van der Waals surface area contributed by atoms with Gasteiger partial charge in [0.05, 0.1) is 15.5 Å². The molecule has 0 fully saturated rings. The second-order valence-electron chi connectivity index (χ2n) is 5.99. The molecule has 140 valence electrons. The first kappa shape index (κ1) is 18.6. The molecule has 0 atom stereocenters. The number of aryl methyl sites for hydroxylation is 1. The van der Waals surface area contributed by atoms with Gasteiger partial charge in [-0.1, -0.05) is 11.8 Å². The molecule has 4 nitrogen and oxygen atoms in total. The van der Waals surface area contributed by atoms with Crippen LogP contribution in [0, 0.1) is 18.6 Å². The molecule has 2 aromatic heterocycles. The van der Waals surface area contributed by atoms with Crippen LogP contribution in [-0.2, 0) is 0 Å². The summed E-state index contributed by atoms with van der Waals surface area (Å²) in [6, 6.07) is 11.5. The molecule has 28 heavy (non-hydrogen) atoms. The molecule has 2 heterocycles. The minimum Gasteiger partial charge on any atom is -0.293 e. The van der Waals surface area contributed by atoms with Crippen LogP contribution in [0.1, 0.15) is 15.4 Å². The summed E-state index contributed by atoms with van der Waals surface area (Å²) >= 11 is 2.72. The third-order valence-corrected chi connectivity index (χ3v) is 5.95. The lowest BCUT2D eigenvalue weighted by atomic mass is 10.1. The molecule has 0 aliphatic rings.